The third-order valence-corrected chi connectivity index (χ3v) is 2.54. The van der Waals surface area contributed by atoms with Crippen LogP contribution in [0, 0.1) is 5.82 Å². The third-order valence-electron chi connectivity index (χ3n) is 2.54. The summed E-state index contributed by atoms with van der Waals surface area (Å²) >= 11 is 0. The zero-order valence-corrected chi connectivity index (χ0v) is 10.7. The van der Waals surface area contributed by atoms with E-state index < -0.39 is 0 Å². The van der Waals surface area contributed by atoms with Crippen molar-refractivity contribution in [3.05, 3.63) is 59.9 Å². The monoisotopic (exact) mass is 230 g/mol. The van der Waals surface area contributed by atoms with Crippen LogP contribution in [-0.2, 0) is 6.42 Å². The van der Waals surface area contributed by atoms with E-state index in [9.17, 15) is 4.39 Å². The van der Waals surface area contributed by atoms with Crippen LogP contribution in [0.15, 0.2) is 48.5 Å². The fourth-order valence-corrected chi connectivity index (χ4v) is 1.64. The number of aryl methyl sites for hydroxylation is 1. The Kier molecular flexibility index (Phi) is 5.41. The first-order chi connectivity index (χ1) is 8.31. The Bertz CT molecular complexity index is 446. The van der Waals surface area contributed by atoms with E-state index in [1.54, 1.807) is 6.07 Å². The normalized spacial score (nSPS) is 9.41. The van der Waals surface area contributed by atoms with E-state index in [2.05, 4.69) is 0 Å². The highest BCUT2D eigenvalue weighted by Gasteiger charge is 2.02. The second-order valence-electron chi connectivity index (χ2n) is 3.53. The van der Waals surface area contributed by atoms with Crippen molar-refractivity contribution < 1.29 is 4.39 Å². The minimum Gasteiger partial charge on any atom is -0.207 e. The summed E-state index contributed by atoms with van der Waals surface area (Å²) in [6.45, 7) is 5.96. The summed E-state index contributed by atoms with van der Waals surface area (Å²) < 4.78 is 13.5. The average molecular weight is 230 g/mol. The lowest BCUT2D eigenvalue weighted by atomic mass is 10.0. The topological polar surface area (TPSA) is 0 Å². The van der Waals surface area contributed by atoms with Crippen molar-refractivity contribution in [2.45, 2.75) is 27.2 Å². The molecule has 0 amide bonds. The molecule has 90 valence electrons. The summed E-state index contributed by atoms with van der Waals surface area (Å²) in [4.78, 5) is 0. The first-order valence-electron chi connectivity index (χ1n) is 6.15. The minimum atomic E-state index is -0.112. The molecular formula is C16H19F. The number of hydrogen-bond acceptors (Lipinski definition) is 0. The molecule has 0 N–H and O–H groups in total. The van der Waals surface area contributed by atoms with Crippen molar-refractivity contribution in [3.8, 4) is 11.1 Å². The molecule has 17 heavy (non-hydrogen) atoms. The van der Waals surface area contributed by atoms with Crippen molar-refractivity contribution in [2.75, 3.05) is 0 Å². The summed E-state index contributed by atoms with van der Waals surface area (Å²) in [5.74, 6) is -0.112. The largest absolute Gasteiger partial charge is 0.207 e. The fourth-order valence-electron chi connectivity index (χ4n) is 1.64. The second-order valence-corrected chi connectivity index (χ2v) is 3.53. The quantitative estimate of drug-likeness (QED) is 0.674. The minimum absolute atomic E-state index is 0.112. The molecular weight excluding hydrogens is 211 g/mol. The average Bonchev–Trinajstić information content (AvgIpc) is 2.42. The van der Waals surface area contributed by atoms with Gasteiger partial charge in [0.15, 0.2) is 0 Å². The van der Waals surface area contributed by atoms with E-state index in [1.807, 2.05) is 63.2 Å². The molecule has 2 aromatic rings. The number of halogens is 1. The Balaban J connectivity index is 0.000000686. The van der Waals surface area contributed by atoms with Crippen molar-refractivity contribution in [1.29, 1.82) is 0 Å². The summed E-state index contributed by atoms with van der Waals surface area (Å²) in [5.41, 5.74) is 2.76. The van der Waals surface area contributed by atoms with Crippen LogP contribution in [0.1, 0.15) is 26.3 Å². The highest BCUT2D eigenvalue weighted by Crippen LogP contribution is 2.21. The van der Waals surface area contributed by atoms with Crippen molar-refractivity contribution in [2.24, 2.45) is 0 Å². The molecule has 0 bridgehead atoms. The lowest BCUT2D eigenvalue weighted by Gasteiger charge is -2.04. The van der Waals surface area contributed by atoms with Crippen LogP contribution in [0.2, 0.25) is 0 Å². The molecule has 2 aromatic carbocycles. The van der Waals surface area contributed by atoms with Gasteiger partial charge < -0.3 is 0 Å². The van der Waals surface area contributed by atoms with Gasteiger partial charge in [0.1, 0.15) is 5.82 Å². The Morgan fingerprint density at radius 2 is 1.53 bits per heavy atom. The number of hydrogen-bond donors (Lipinski definition) is 0. The molecule has 0 heterocycles. The highest BCUT2D eigenvalue weighted by molar-refractivity contribution is 5.63. The standard InChI is InChI=1S/C14H13F.C2H6/c1-2-11-8-9-13(10-14(11)15)12-6-4-3-5-7-12;1-2/h3-10H,2H2,1H3;1-2H3. The van der Waals surface area contributed by atoms with Crippen LogP contribution in [-0.4, -0.2) is 0 Å². The van der Waals surface area contributed by atoms with E-state index in [1.165, 1.54) is 0 Å². The first-order valence-corrected chi connectivity index (χ1v) is 6.15. The maximum Gasteiger partial charge on any atom is 0.127 e. The van der Waals surface area contributed by atoms with Crippen molar-refractivity contribution >= 4 is 0 Å². The molecule has 0 radical (unpaired) electrons. The van der Waals surface area contributed by atoms with E-state index in [0.29, 0.717) is 0 Å². The van der Waals surface area contributed by atoms with Crippen LogP contribution in [0.4, 0.5) is 4.39 Å². The lowest BCUT2D eigenvalue weighted by molar-refractivity contribution is 0.613. The molecule has 0 saturated heterocycles. The van der Waals surface area contributed by atoms with E-state index in [4.69, 9.17) is 0 Å². The summed E-state index contributed by atoms with van der Waals surface area (Å²) in [6.07, 6.45) is 0.737. The van der Waals surface area contributed by atoms with Gasteiger partial charge in [-0.25, -0.2) is 4.39 Å². The predicted molar refractivity (Wildman–Crippen MR) is 72.6 cm³/mol. The van der Waals surface area contributed by atoms with Gasteiger partial charge in [-0.15, -0.1) is 0 Å². The molecule has 0 atom stereocenters. The summed E-state index contributed by atoms with van der Waals surface area (Å²) in [5, 5.41) is 0. The predicted octanol–water partition coefficient (Wildman–Crippen LogP) is 5.08. The van der Waals surface area contributed by atoms with Gasteiger partial charge in [-0.2, -0.15) is 0 Å². The zero-order valence-electron chi connectivity index (χ0n) is 10.7. The third kappa shape index (κ3) is 3.42. The Labute approximate surface area is 103 Å². The molecule has 0 saturated carbocycles. The van der Waals surface area contributed by atoms with Gasteiger partial charge in [0.2, 0.25) is 0 Å². The fraction of sp³-hybridized carbons (Fsp3) is 0.250. The molecule has 0 aliphatic heterocycles. The van der Waals surface area contributed by atoms with E-state index in [0.717, 1.165) is 23.1 Å². The van der Waals surface area contributed by atoms with E-state index >= 15 is 0 Å². The maximum absolute atomic E-state index is 13.5. The van der Waals surface area contributed by atoms with Gasteiger partial charge in [0.05, 0.1) is 0 Å². The van der Waals surface area contributed by atoms with Gasteiger partial charge in [0.25, 0.3) is 0 Å². The second kappa shape index (κ2) is 6.85. The van der Waals surface area contributed by atoms with Crippen LogP contribution in [0.3, 0.4) is 0 Å². The maximum atomic E-state index is 13.5. The first kappa shape index (κ1) is 13.4. The Morgan fingerprint density at radius 3 is 2.06 bits per heavy atom. The number of benzene rings is 2. The van der Waals surface area contributed by atoms with Gasteiger partial charge >= 0.3 is 0 Å². The molecule has 2 rings (SSSR count). The van der Waals surface area contributed by atoms with Crippen LogP contribution in [0.25, 0.3) is 11.1 Å². The highest BCUT2D eigenvalue weighted by atomic mass is 19.1. The van der Waals surface area contributed by atoms with Crippen molar-refractivity contribution in [3.63, 3.8) is 0 Å². The molecule has 0 fully saturated rings. The van der Waals surface area contributed by atoms with Gasteiger partial charge in [-0.3, -0.25) is 0 Å². The Hall–Kier alpha value is -1.63. The zero-order chi connectivity index (χ0) is 12.7. The number of rotatable bonds is 2. The van der Waals surface area contributed by atoms with Crippen molar-refractivity contribution in [1.82, 2.24) is 0 Å². The van der Waals surface area contributed by atoms with Gasteiger partial charge in [0, 0.05) is 0 Å². The molecule has 1 heteroatoms. The SMILES string of the molecule is CC.CCc1ccc(-c2ccccc2)cc1F. The van der Waals surface area contributed by atoms with Gasteiger partial charge in [-0.05, 0) is 29.2 Å². The van der Waals surface area contributed by atoms with Crippen LogP contribution < -0.4 is 0 Å². The van der Waals surface area contributed by atoms with E-state index in [-0.39, 0.29) is 5.82 Å². The summed E-state index contributed by atoms with van der Waals surface area (Å²) in [6, 6.07) is 15.3. The molecule has 0 aromatic heterocycles. The summed E-state index contributed by atoms with van der Waals surface area (Å²) in [7, 11) is 0. The molecule has 0 spiro atoms. The smallest absolute Gasteiger partial charge is 0.127 e. The van der Waals surface area contributed by atoms with Gasteiger partial charge in [-0.1, -0.05) is 63.2 Å². The lowest BCUT2D eigenvalue weighted by Crippen LogP contribution is -1.88. The van der Waals surface area contributed by atoms with Crippen LogP contribution in [0.5, 0.6) is 0 Å². The molecule has 0 aliphatic rings. The molecule has 0 nitrogen and oxygen atoms in total. The van der Waals surface area contributed by atoms with Crippen LogP contribution >= 0.6 is 0 Å². The molecule has 0 unspecified atom stereocenters. The Morgan fingerprint density at radius 1 is 0.882 bits per heavy atom. The molecule has 0 aliphatic carbocycles.